The standard InChI is InChI=1S/C60H39N3/c61-40-41-24-35-55-54(36-41)53-34-33-49(38-56(53)60(55,51-20-9-3-10-21-51)52-22-11-4-12-23-52)48-18-13-19-50(37-48)59-62-57(46-29-25-44(26-30-46)42-14-5-1-6-15-42)39-58(63-59)47-31-27-45(28-32-47)43-16-7-2-8-17-43/h1-39H. The van der Waals surface area contributed by atoms with E-state index in [2.05, 4.69) is 224 Å². The highest BCUT2D eigenvalue weighted by atomic mass is 14.9. The number of benzene rings is 9. The number of nitrogens with zero attached hydrogens (tertiary/aromatic N) is 3. The molecule has 9 aromatic carbocycles. The maximum Gasteiger partial charge on any atom is 0.160 e. The van der Waals surface area contributed by atoms with E-state index in [9.17, 15) is 5.26 Å². The summed E-state index contributed by atoms with van der Waals surface area (Å²) in [5, 5.41) is 10.0. The fourth-order valence-corrected chi connectivity index (χ4v) is 9.38. The molecule has 63 heavy (non-hydrogen) atoms. The molecule has 1 heterocycles. The summed E-state index contributed by atoms with van der Waals surface area (Å²) in [7, 11) is 0. The van der Waals surface area contributed by atoms with Crippen LogP contribution in [-0.2, 0) is 5.41 Å². The molecule has 0 N–H and O–H groups in total. The van der Waals surface area contributed by atoms with E-state index >= 15 is 0 Å². The summed E-state index contributed by atoms with van der Waals surface area (Å²) in [4.78, 5) is 10.5. The lowest BCUT2D eigenvalue weighted by Crippen LogP contribution is -2.28. The van der Waals surface area contributed by atoms with Crippen LogP contribution in [0.1, 0.15) is 27.8 Å². The van der Waals surface area contributed by atoms with Gasteiger partial charge in [0, 0.05) is 16.7 Å². The van der Waals surface area contributed by atoms with Crippen molar-refractivity contribution in [1.82, 2.24) is 9.97 Å². The highest BCUT2D eigenvalue weighted by Gasteiger charge is 2.46. The van der Waals surface area contributed by atoms with Gasteiger partial charge in [-0.25, -0.2) is 9.97 Å². The third kappa shape index (κ3) is 6.72. The number of aromatic nitrogens is 2. The summed E-state index contributed by atoms with van der Waals surface area (Å²) in [5.41, 5.74) is 18.5. The van der Waals surface area contributed by atoms with Gasteiger partial charge in [0.25, 0.3) is 0 Å². The van der Waals surface area contributed by atoms with Gasteiger partial charge >= 0.3 is 0 Å². The molecular formula is C60H39N3. The second kappa shape index (κ2) is 15.9. The van der Waals surface area contributed by atoms with E-state index in [4.69, 9.17) is 9.97 Å². The van der Waals surface area contributed by atoms with Gasteiger partial charge in [-0.1, -0.05) is 206 Å². The topological polar surface area (TPSA) is 49.6 Å². The van der Waals surface area contributed by atoms with Crippen LogP contribution in [0.25, 0.3) is 78.4 Å². The van der Waals surface area contributed by atoms with Crippen molar-refractivity contribution >= 4 is 0 Å². The summed E-state index contributed by atoms with van der Waals surface area (Å²) < 4.78 is 0. The smallest absolute Gasteiger partial charge is 0.160 e. The Hall–Kier alpha value is -8.45. The molecule has 0 aliphatic heterocycles. The minimum absolute atomic E-state index is 0.590. The lowest BCUT2D eigenvalue weighted by Gasteiger charge is -2.34. The van der Waals surface area contributed by atoms with Gasteiger partial charge in [0.15, 0.2) is 5.82 Å². The van der Waals surface area contributed by atoms with E-state index < -0.39 is 5.41 Å². The van der Waals surface area contributed by atoms with Gasteiger partial charge in [0.1, 0.15) is 0 Å². The predicted octanol–water partition coefficient (Wildman–Crippen LogP) is 14.7. The molecule has 11 rings (SSSR count). The molecule has 0 radical (unpaired) electrons. The van der Waals surface area contributed by atoms with E-state index in [1.807, 2.05) is 18.2 Å². The summed E-state index contributed by atoms with van der Waals surface area (Å²) in [5.74, 6) is 0.657. The van der Waals surface area contributed by atoms with E-state index in [1.165, 1.54) is 33.4 Å². The van der Waals surface area contributed by atoms with Crippen molar-refractivity contribution in [1.29, 1.82) is 5.26 Å². The van der Waals surface area contributed by atoms with Gasteiger partial charge in [-0.15, -0.1) is 0 Å². The first-order chi connectivity index (χ1) is 31.2. The number of hydrogen-bond acceptors (Lipinski definition) is 3. The first-order valence-corrected chi connectivity index (χ1v) is 21.3. The maximum atomic E-state index is 10.0. The van der Waals surface area contributed by atoms with E-state index in [0.717, 1.165) is 61.5 Å². The third-order valence-electron chi connectivity index (χ3n) is 12.4. The van der Waals surface area contributed by atoms with E-state index in [-0.39, 0.29) is 0 Å². The fourth-order valence-electron chi connectivity index (χ4n) is 9.38. The number of hydrogen-bond donors (Lipinski definition) is 0. The van der Waals surface area contributed by atoms with Crippen molar-refractivity contribution in [2.75, 3.05) is 0 Å². The zero-order chi connectivity index (χ0) is 42.2. The summed E-state index contributed by atoms with van der Waals surface area (Å²) in [6.45, 7) is 0. The SMILES string of the molecule is N#Cc1ccc2c(c1)-c1ccc(-c3cccc(-c4nc(-c5ccc(-c6ccccc6)cc5)cc(-c5ccc(-c6ccccc6)cc5)n4)c3)cc1C2(c1ccccc1)c1ccccc1. The Bertz CT molecular complexity index is 3160. The van der Waals surface area contributed by atoms with Crippen molar-refractivity contribution in [2.45, 2.75) is 5.41 Å². The molecule has 0 saturated heterocycles. The van der Waals surface area contributed by atoms with Crippen LogP contribution in [-0.4, -0.2) is 9.97 Å². The lowest BCUT2D eigenvalue weighted by molar-refractivity contribution is 0.768. The van der Waals surface area contributed by atoms with Crippen molar-refractivity contribution in [3.05, 3.63) is 264 Å². The average Bonchev–Trinajstić information content (AvgIpc) is 3.67. The summed E-state index contributed by atoms with van der Waals surface area (Å²) in [6, 6.07) is 85.7. The molecule has 0 bridgehead atoms. The molecule has 0 spiro atoms. The molecule has 0 unspecified atom stereocenters. The summed E-state index contributed by atoms with van der Waals surface area (Å²) >= 11 is 0. The van der Waals surface area contributed by atoms with Gasteiger partial charge in [-0.05, 0) is 97.1 Å². The Morgan fingerprint density at radius 1 is 0.317 bits per heavy atom. The first kappa shape index (κ1) is 37.5. The van der Waals surface area contributed by atoms with Crippen LogP contribution in [0.4, 0.5) is 0 Å². The molecular weight excluding hydrogens is 763 g/mol. The molecule has 3 heteroatoms. The normalized spacial score (nSPS) is 12.2. The van der Waals surface area contributed by atoms with Gasteiger partial charge in [-0.3, -0.25) is 0 Å². The number of nitriles is 1. The average molecular weight is 802 g/mol. The molecule has 3 nitrogen and oxygen atoms in total. The van der Waals surface area contributed by atoms with Crippen molar-refractivity contribution < 1.29 is 0 Å². The van der Waals surface area contributed by atoms with Crippen LogP contribution in [0, 0.1) is 11.3 Å². The zero-order valence-corrected chi connectivity index (χ0v) is 34.4. The minimum Gasteiger partial charge on any atom is -0.228 e. The van der Waals surface area contributed by atoms with Gasteiger partial charge < -0.3 is 0 Å². The van der Waals surface area contributed by atoms with Gasteiger partial charge in [0.05, 0.1) is 28.4 Å². The quantitative estimate of drug-likeness (QED) is 0.154. The van der Waals surface area contributed by atoms with E-state index in [1.54, 1.807) is 0 Å². The Labute approximate surface area is 368 Å². The van der Waals surface area contributed by atoms with Crippen LogP contribution < -0.4 is 0 Å². The summed E-state index contributed by atoms with van der Waals surface area (Å²) in [6.07, 6.45) is 0. The Morgan fingerprint density at radius 2 is 0.762 bits per heavy atom. The molecule has 0 amide bonds. The van der Waals surface area contributed by atoms with E-state index in [0.29, 0.717) is 11.4 Å². The second-order valence-corrected chi connectivity index (χ2v) is 16.0. The van der Waals surface area contributed by atoms with Crippen LogP contribution >= 0.6 is 0 Å². The van der Waals surface area contributed by atoms with Crippen LogP contribution in [0.2, 0.25) is 0 Å². The van der Waals surface area contributed by atoms with Crippen LogP contribution in [0.3, 0.4) is 0 Å². The Kier molecular flexibility index (Phi) is 9.45. The molecule has 1 aliphatic carbocycles. The predicted molar refractivity (Wildman–Crippen MR) is 257 cm³/mol. The van der Waals surface area contributed by atoms with Crippen LogP contribution in [0.15, 0.2) is 237 Å². The number of fused-ring (bicyclic) bond motifs is 3. The minimum atomic E-state index is -0.590. The van der Waals surface area contributed by atoms with Gasteiger partial charge in [-0.2, -0.15) is 5.26 Å². The molecule has 1 aliphatic rings. The molecule has 0 saturated carbocycles. The molecule has 10 aromatic rings. The second-order valence-electron chi connectivity index (χ2n) is 16.0. The monoisotopic (exact) mass is 801 g/mol. The Morgan fingerprint density at radius 3 is 1.30 bits per heavy atom. The Balaban J connectivity index is 1.05. The fraction of sp³-hybridized carbons (Fsp3) is 0.0167. The highest BCUT2D eigenvalue weighted by molar-refractivity contribution is 5.89. The molecule has 294 valence electrons. The molecule has 0 fully saturated rings. The van der Waals surface area contributed by atoms with Crippen molar-refractivity contribution in [2.24, 2.45) is 0 Å². The zero-order valence-electron chi connectivity index (χ0n) is 34.4. The van der Waals surface area contributed by atoms with Crippen molar-refractivity contribution in [3.8, 4) is 84.5 Å². The largest absolute Gasteiger partial charge is 0.228 e. The van der Waals surface area contributed by atoms with Crippen LogP contribution in [0.5, 0.6) is 0 Å². The molecule has 1 aromatic heterocycles. The molecule has 0 atom stereocenters. The third-order valence-corrected chi connectivity index (χ3v) is 12.4. The first-order valence-electron chi connectivity index (χ1n) is 21.3. The highest BCUT2D eigenvalue weighted by Crippen LogP contribution is 2.57. The number of rotatable bonds is 8. The lowest BCUT2D eigenvalue weighted by atomic mass is 9.67. The van der Waals surface area contributed by atoms with Crippen molar-refractivity contribution in [3.63, 3.8) is 0 Å². The van der Waals surface area contributed by atoms with Gasteiger partial charge in [0.2, 0.25) is 0 Å². The maximum absolute atomic E-state index is 10.0.